The average Bonchev–Trinajstić information content (AvgIpc) is 2.85. The van der Waals surface area contributed by atoms with E-state index in [0.29, 0.717) is 24.9 Å². The van der Waals surface area contributed by atoms with Crippen LogP contribution in [0.2, 0.25) is 0 Å². The standard InChI is InChI=1S/C28H31FN2O2/c1-33-28-12-3-2-7-22(28)15-17-31-16-5-10-25-23(8-4-11-27(25)31)20-30-24-14-13-21(9-6-18-32)26(29)19-24/h2-4,7-8,11-14,18-19,30H,5-6,9-10,15-17,20H2,1H3. The van der Waals surface area contributed by atoms with Crippen LogP contribution in [0.1, 0.15) is 35.1 Å². The lowest BCUT2D eigenvalue weighted by Gasteiger charge is -2.33. The van der Waals surface area contributed by atoms with Crippen molar-refractivity contribution in [3.63, 3.8) is 0 Å². The molecule has 33 heavy (non-hydrogen) atoms. The number of halogens is 1. The number of benzene rings is 3. The lowest BCUT2D eigenvalue weighted by molar-refractivity contribution is -0.107. The molecule has 0 amide bonds. The van der Waals surface area contributed by atoms with Crippen molar-refractivity contribution in [2.75, 3.05) is 30.4 Å². The van der Waals surface area contributed by atoms with Gasteiger partial charge in [0.25, 0.3) is 0 Å². The second kappa shape index (κ2) is 11.0. The largest absolute Gasteiger partial charge is 0.496 e. The van der Waals surface area contributed by atoms with Crippen molar-refractivity contribution >= 4 is 17.7 Å². The molecule has 3 aromatic carbocycles. The summed E-state index contributed by atoms with van der Waals surface area (Å²) >= 11 is 0. The van der Waals surface area contributed by atoms with E-state index in [4.69, 9.17) is 4.74 Å². The molecule has 1 heterocycles. The van der Waals surface area contributed by atoms with E-state index in [0.717, 1.165) is 50.1 Å². The predicted octanol–water partition coefficient (Wildman–Crippen LogP) is 5.57. The Morgan fingerprint density at radius 2 is 1.88 bits per heavy atom. The molecule has 4 rings (SSSR count). The average molecular weight is 447 g/mol. The Labute approximate surface area is 195 Å². The van der Waals surface area contributed by atoms with Crippen molar-refractivity contribution in [1.82, 2.24) is 0 Å². The number of ether oxygens (including phenoxy) is 1. The maximum atomic E-state index is 14.3. The number of anilines is 2. The van der Waals surface area contributed by atoms with E-state index in [1.54, 1.807) is 13.2 Å². The minimum atomic E-state index is -0.264. The minimum Gasteiger partial charge on any atom is -0.496 e. The van der Waals surface area contributed by atoms with Crippen LogP contribution in [-0.2, 0) is 30.6 Å². The summed E-state index contributed by atoms with van der Waals surface area (Å²) in [6.07, 6.45) is 4.71. The monoisotopic (exact) mass is 446 g/mol. The van der Waals surface area contributed by atoms with Crippen LogP contribution in [0, 0.1) is 5.82 Å². The van der Waals surface area contributed by atoms with Crippen LogP contribution in [0.5, 0.6) is 5.75 Å². The molecule has 0 saturated heterocycles. The number of methoxy groups -OCH3 is 1. The van der Waals surface area contributed by atoms with Gasteiger partial charge in [-0.15, -0.1) is 0 Å². The number of carbonyl (C=O) groups excluding carboxylic acids is 1. The first kappa shape index (κ1) is 22.8. The molecule has 5 heteroatoms. The van der Waals surface area contributed by atoms with Gasteiger partial charge in [-0.2, -0.15) is 0 Å². The fourth-order valence-electron chi connectivity index (χ4n) is 4.61. The maximum Gasteiger partial charge on any atom is 0.128 e. The number of hydrogen-bond acceptors (Lipinski definition) is 4. The minimum absolute atomic E-state index is 0.264. The van der Waals surface area contributed by atoms with Crippen LogP contribution in [0.3, 0.4) is 0 Å². The molecular weight excluding hydrogens is 415 g/mol. The number of carbonyl (C=O) groups is 1. The highest BCUT2D eigenvalue weighted by molar-refractivity contribution is 5.60. The van der Waals surface area contributed by atoms with Gasteiger partial charge in [0.15, 0.2) is 0 Å². The number of hydrogen-bond donors (Lipinski definition) is 1. The van der Waals surface area contributed by atoms with Crippen molar-refractivity contribution in [3.05, 3.63) is 88.7 Å². The van der Waals surface area contributed by atoms with Gasteiger partial charge in [-0.1, -0.05) is 36.4 Å². The van der Waals surface area contributed by atoms with Gasteiger partial charge in [0, 0.05) is 37.4 Å². The van der Waals surface area contributed by atoms with Crippen LogP contribution >= 0.6 is 0 Å². The highest BCUT2D eigenvalue weighted by Gasteiger charge is 2.19. The summed E-state index contributed by atoms with van der Waals surface area (Å²) in [4.78, 5) is 13.0. The summed E-state index contributed by atoms with van der Waals surface area (Å²) in [5.41, 5.74) is 6.48. The molecule has 0 unspecified atom stereocenters. The number of nitrogens with zero attached hydrogens (tertiary/aromatic N) is 1. The van der Waals surface area contributed by atoms with Gasteiger partial charge in [-0.3, -0.25) is 0 Å². The van der Waals surface area contributed by atoms with Gasteiger partial charge in [-0.05, 0) is 72.2 Å². The quantitative estimate of drug-likeness (QED) is 0.413. The van der Waals surface area contributed by atoms with E-state index in [-0.39, 0.29) is 5.82 Å². The summed E-state index contributed by atoms with van der Waals surface area (Å²) in [5, 5.41) is 3.38. The van der Waals surface area contributed by atoms with Crippen LogP contribution in [0.4, 0.5) is 15.8 Å². The smallest absolute Gasteiger partial charge is 0.128 e. The molecule has 0 aliphatic carbocycles. The molecule has 1 N–H and O–H groups in total. The highest BCUT2D eigenvalue weighted by Crippen LogP contribution is 2.31. The molecule has 0 radical (unpaired) electrons. The maximum absolute atomic E-state index is 14.3. The Hall–Kier alpha value is -3.34. The highest BCUT2D eigenvalue weighted by atomic mass is 19.1. The van der Waals surface area contributed by atoms with E-state index in [9.17, 15) is 9.18 Å². The van der Waals surface area contributed by atoms with Crippen molar-refractivity contribution in [3.8, 4) is 5.75 Å². The number of rotatable bonds is 10. The Balaban J connectivity index is 1.44. The first-order chi connectivity index (χ1) is 16.2. The third kappa shape index (κ3) is 5.54. The summed E-state index contributed by atoms with van der Waals surface area (Å²) < 4.78 is 19.8. The second-order valence-corrected chi connectivity index (χ2v) is 8.43. The van der Waals surface area contributed by atoms with Crippen LogP contribution in [0.25, 0.3) is 0 Å². The summed E-state index contributed by atoms with van der Waals surface area (Å²) in [6.45, 7) is 2.64. The summed E-state index contributed by atoms with van der Waals surface area (Å²) in [5.74, 6) is 0.677. The molecule has 0 atom stereocenters. The zero-order valence-electron chi connectivity index (χ0n) is 19.1. The first-order valence-electron chi connectivity index (χ1n) is 11.6. The van der Waals surface area contributed by atoms with E-state index in [2.05, 4.69) is 40.5 Å². The molecule has 0 fully saturated rings. The van der Waals surface area contributed by atoms with Crippen LogP contribution in [0.15, 0.2) is 60.7 Å². The van der Waals surface area contributed by atoms with Crippen molar-refractivity contribution < 1.29 is 13.9 Å². The SMILES string of the molecule is COc1ccccc1CCN1CCCc2c(CNc3ccc(CCC=O)c(F)c3)cccc21. The van der Waals surface area contributed by atoms with Gasteiger partial charge in [-0.25, -0.2) is 4.39 Å². The Morgan fingerprint density at radius 3 is 2.70 bits per heavy atom. The van der Waals surface area contributed by atoms with Gasteiger partial charge >= 0.3 is 0 Å². The van der Waals surface area contributed by atoms with Gasteiger partial charge in [0.1, 0.15) is 17.9 Å². The second-order valence-electron chi connectivity index (χ2n) is 8.43. The molecule has 0 bridgehead atoms. The van der Waals surface area contributed by atoms with Gasteiger partial charge < -0.3 is 19.7 Å². The van der Waals surface area contributed by atoms with Gasteiger partial charge in [0.05, 0.1) is 7.11 Å². The number of aldehydes is 1. The van der Waals surface area contributed by atoms with Crippen LogP contribution in [-0.4, -0.2) is 26.5 Å². The molecular formula is C28H31FN2O2. The normalized spacial score (nSPS) is 12.8. The number of nitrogens with one attached hydrogen (secondary N) is 1. The lowest BCUT2D eigenvalue weighted by atomic mass is 9.95. The van der Waals surface area contributed by atoms with E-state index in [1.165, 1.54) is 28.4 Å². The van der Waals surface area contributed by atoms with Gasteiger partial charge in [0.2, 0.25) is 0 Å². The molecule has 0 saturated carbocycles. The van der Waals surface area contributed by atoms with Crippen LogP contribution < -0.4 is 15.0 Å². The van der Waals surface area contributed by atoms with Crippen molar-refractivity contribution in [1.29, 1.82) is 0 Å². The third-order valence-corrected chi connectivity index (χ3v) is 6.35. The molecule has 0 aromatic heterocycles. The number of fused-ring (bicyclic) bond motifs is 1. The fourth-order valence-corrected chi connectivity index (χ4v) is 4.61. The van der Waals surface area contributed by atoms with Crippen molar-refractivity contribution in [2.24, 2.45) is 0 Å². The Kier molecular flexibility index (Phi) is 7.61. The third-order valence-electron chi connectivity index (χ3n) is 6.35. The zero-order valence-corrected chi connectivity index (χ0v) is 19.1. The molecule has 3 aromatic rings. The van der Waals surface area contributed by atoms with E-state index in [1.807, 2.05) is 18.2 Å². The molecule has 1 aliphatic rings. The topological polar surface area (TPSA) is 41.6 Å². The number of para-hydroxylation sites is 1. The number of aryl methyl sites for hydroxylation is 1. The first-order valence-corrected chi connectivity index (χ1v) is 11.6. The molecule has 172 valence electrons. The zero-order chi connectivity index (χ0) is 23.0. The predicted molar refractivity (Wildman–Crippen MR) is 132 cm³/mol. The summed E-state index contributed by atoms with van der Waals surface area (Å²) in [6, 6.07) is 19.9. The fraction of sp³-hybridized carbons (Fsp3) is 0.321. The lowest BCUT2D eigenvalue weighted by Crippen LogP contribution is -2.32. The summed E-state index contributed by atoms with van der Waals surface area (Å²) in [7, 11) is 1.72. The molecule has 4 nitrogen and oxygen atoms in total. The molecule has 1 aliphatic heterocycles. The van der Waals surface area contributed by atoms with Crippen molar-refractivity contribution in [2.45, 2.75) is 38.6 Å². The Bertz CT molecular complexity index is 1100. The molecule has 0 spiro atoms. The Morgan fingerprint density at radius 1 is 1.03 bits per heavy atom. The van der Waals surface area contributed by atoms with E-state index >= 15 is 0 Å². The van der Waals surface area contributed by atoms with E-state index < -0.39 is 0 Å².